The van der Waals surface area contributed by atoms with Gasteiger partial charge in [0.2, 0.25) is 0 Å². The van der Waals surface area contributed by atoms with Crippen LogP contribution >= 0.6 is 38.9 Å². The maximum absolute atomic E-state index is 10.8. The van der Waals surface area contributed by atoms with Crippen molar-refractivity contribution in [1.82, 2.24) is 0 Å². The molecule has 1 aromatic carbocycles. The standard InChI is InChI=1S/C10H6BrClOS/c11-10-7(4-12)9-6(5-13)2-1-3-8(9)14-10/h1-3,5H,4H2. The first kappa shape index (κ1) is 10.1. The molecule has 0 bridgehead atoms. The Hall–Kier alpha value is -0.380. The summed E-state index contributed by atoms with van der Waals surface area (Å²) < 4.78 is 2.11. The van der Waals surface area contributed by atoms with Crippen LogP contribution < -0.4 is 0 Å². The molecule has 2 rings (SSSR count). The van der Waals surface area contributed by atoms with Crippen LogP contribution in [0.25, 0.3) is 10.1 Å². The van der Waals surface area contributed by atoms with Gasteiger partial charge in [-0.1, -0.05) is 12.1 Å². The van der Waals surface area contributed by atoms with Crippen LogP contribution in [0.2, 0.25) is 0 Å². The Labute approximate surface area is 98.8 Å². The third-order valence-electron chi connectivity index (χ3n) is 2.06. The van der Waals surface area contributed by atoms with E-state index >= 15 is 0 Å². The zero-order chi connectivity index (χ0) is 10.1. The van der Waals surface area contributed by atoms with E-state index in [4.69, 9.17) is 11.6 Å². The van der Waals surface area contributed by atoms with Crippen molar-refractivity contribution < 1.29 is 4.79 Å². The lowest BCUT2D eigenvalue weighted by molar-refractivity contribution is 0.112. The van der Waals surface area contributed by atoms with Gasteiger partial charge in [0, 0.05) is 27.1 Å². The van der Waals surface area contributed by atoms with E-state index in [-0.39, 0.29) is 0 Å². The Morgan fingerprint density at radius 3 is 2.93 bits per heavy atom. The summed E-state index contributed by atoms with van der Waals surface area (Å²) in [4.78, 5) is 10.8. The summed E-state index contributed by atoms with van der Waals surface area (Å²) in [5.41, 5.74) is 1.72. The summed E-state index contributed by atoms with van der Waals surface area (Å²) in [5.74, 6) is 0.422. The summed E-state index contributed by atoms with van der Waals surface area (Å²) in [6.07, 6.45) is 0.873. The Morgan fingerprint density at radius 2 is 2.29 bits per heavy atom. The van der Waals surface area contributed by atoms with E-state index in [9.17, 15) is 4.79 Å². The number of hydrogen-bond donors (Lipinski definition) is 0. The number of benzene rings is 1. The molecule has 2 aromatic rings. The quantitative estimate of drug-likeness (QED) is 0.598. The Balaban J connectivity index is 2.89. The second-order valence-corrected chi connectivity index (χ2v) is 5.46. The average Bonchev–Trinajstić information content (AvgIpc) is 2.52. The van der Waals surface area contributed by atoms with Crippen molar-refractivity contribution in [3.63, 3.8) is 0 Å². The highest BCUT2D eigenvalue weighted by Gasteiger charge is 2.11. The van der Waals surface area contributed by atoms with Crippen LogP contribution in [0, 0.1) is 0 Å². The first-order chi connectivity index (χ1) is 6.77. The third kappa shape index (κ3) is 1.49. The van der Waals surface area contributed by atoms with Gasteiger partial charge >= 0.3 is 0 Å². The van der Waals surface area contributed by atoms with Gasteiger partial charge in [-0.15, -0.1) is 22.9 Å². The number of halogens is 2. The van der Waals surface area contributed by atoms with E-state index in [0.717, 1.165) is 25.7 Å². The number of aldehydes is 1. The molecule has 0 aliphatic carbocycles. The fourth-order valence-corrected chi connectivity index (χ4v) is 3.78. The van der Waals surface area contributed by atoms with E-state index in [1.54, 1.807) is 11.3 Å². The van der Waals surface area contributed by atoms with Crippen LogP contribution in [0.5, 0.6) is 0 Å². The van der Waals surface area contributed by atoms with Crippen molar-refractivity contribution in [3.05, 3.63) is 33.1 Å². The van der Waals surface area contributed by atoms with Crippen LogP contribution in [0.4, 0.5) is 0 Å². The minimum absolute atomic E-state index is 0.422. The number of alkyl halides is 1. The molecule has 0 spiro atoms. The lowest BCUT2D eigenvalue weighted by atomic mass is 10.1. The van der Waals surface area contributed by atoms with Crippen molar-refractivity contribution in [3.8, 4) is 0 Å². The average molecular weight is 290 g/mol. The SMILES string of the molecule is O=Cc1cccc2sc(Br)c(CCl)c12. The lowest BCUT2D eigenvalue weighted by Crippen LogP contribution is -1.83. The molecule has 0 saturated carbocycles. The van der Waals surface area contributed by atoms with Crippen LogP contribution in [-0.4, -0.2) is 6.29 Å². The zero-order valence-corrected chi connectivity index (χ0v) is 10.2. The molecule has 72 valence electrons. The smallest absolute Gasteiger partial charge is 0.150 e. The molecule has 0 unspecified atom stereocenters. The van der Waals surface area contributed by atoms with Crippen LogP contribution in [-0.2, 0) is 5.88 Å². The number of fused-ring (bicyclic) bond motifs is 1. The Bertz CT molecular complexity index is 492. The number of rotatable bonds is 2. The highest BCUT2D eigenvalue weighted by molar-refractivity contribution is 9.11. The lowest BCUT2D eigenvalue weighted by Gasteiger charge is -1.97. The van der Waals surface area contributed by atoms with Crippen LogP contribution in [0.3, 0.4) is 0 Å². The summed E-state index contributed by atoms with van der Waals surface area (Å²) >= 11 is 10.9. The molecule has 1 heterocycles. The molecule has 1 aromatic heterocycles. The first-order valence-corrected chi connectivity index (χ1v) is 6.13. The molecule has 0 saturated heterocycles. The van der Waals surface area contributed by atoms with Gasteiger partial charge in [-0.3, -0.25) is 4.79 Å². The molecule has 4 heteroatoms. The molecular weight excluding hydrogens is 284 g/mol. The second-order valence-electron chi connectivity index (χ2n) is 2.83. The number of carbonyl (C=O) groups is 1. The molecule has 0 aliphatic heterocycles. The largest absolute Gasteiger partial charge is 0.298 e. The highest BCUT2D eigenvalue weighted by atomic mass is 79.9. The predicted molar refractivity (Wildman–Crippen MR) is 64.5 cm³/mol. The molecule has 0 N–H and O–H groups in total. The van der Waals surface area contributed by atoms with Crippen LogP contribution in [0.1, 0.15) is 15.9 Å². The maximum Gasteiger partial charge on any atom is 0.150 e. The van der Waals surface area contributed by atoms with E-state index in [1.807, 2.05) is 18.2 Å². The minimum Gasteiger partial charge on any atom is -0.298 e. The van der Waals surface area contributed by atoms with Crippen molar-refractivity contribution in [2.24, 2.45) is 0 Å². The minimum atomic E-state index is 0.422. The van der Waals surface area contributed by atoms with Crippen molar-refractivity contribution >= 4 is 55.2 Å². The molecule has 0 aliphatic rings. The number of thiophene rings is 1. The Morgan fingerprint density at radius 1 is 1.50 bits per heavy atom. The molecule has 0 fully saturated rings. The number of carbonyl (C=O) groups excluding carboxylic acids is 1. The summed E-state index contributed by atoms with van der Waals surface area (Å²) in [7, 11) is 0. The molecule has 1 nitrogen and oxygen atoms in total. The van der Waals surface area contributed by atoms with Gasteiger partial charge in [0.25, 0.3) is 0 Å². The Kier molecular flexibility index (Phi) is 2.91. The van der Waals surface area contributed by atoms with E-state index < -0.39 is 0 Å². The monoisotopic (exact) mass is 288 g/mol. The fraction of sp³-hybridized carbons (Fsp3) is 0.100. The molecular formula is C10H6BrClOS. The summed E-state index contributed by atoms with van der Waals surface area (Å²) in [6.45, 7) is 0. The highest BCUT2D eigenvalue weighted by Crippen LogP contribution is 2.37. The summed E-state index contributed by atoms with van der Waals surface area (Å²) in [5, 5.41) is 0.981. The van der Waals surface area contributed by atoms with Crippen molar-refractivity contribution in [2.75, 3.05) is 0 Å². The molecule has 0 radical (unpaired) electrons. The van der Waals surface area contributed by atoms with Gasteiger partial charge in [-0.2, -0.15) is 0 Å². The van der Waals surface area contributed by atoms with Gasteiger partial charge in [0.05, 0.1) is 3.79 Å². The zero-order valence-electron chi connectivity index (χ0n) is 7.09. The van der Waals surface area contributed by atoms with Crippen molar-refractivity contribution in [2.45, 2.75) is 5.88 Å². The van der Waals surface area contributed by atoms with Gasteiger partial charge < -0.3 is 0 Å². The first-order valence-electron chi connectivity index (χ1n) is 3.99. The van der Waals surface area contributed by atoms with E-state index in [1.165, 1.54) is 0 Å². The number of hydrogen-bond acceptors (Lipinski definition) is 2. The van der Waals surface area contributed by atoms with Crippen molar-refractivity contribution in [1.29, 1.82) is 0 Å². The van der Waals surface area contributed by atoms with Gasteiger partial charge in [0.15, 0.2) is 6.29 Å². The van der Waals surface area contributed by atoms with E-state index in [2.05, 4.69) is 15.9 Å². The normalized spacial score (nSPS) is 10.7. The molecule has 0 amide bonds. The van der Waals surface area contributed by atoms with Gasteiger partial charge in [-0.25, -0.2) is 0 Å². The topological polar surface area (TPSA) is 17.1 Å². The third-order valence-corrected chi connectivity index (χ3v) is 4.27. The summed E-state index contributed by atoms with van der Waals surface area (Å²) in [6, 6.07) is 5.69. The molecule has 0 atom stereocenters. The second kappa shape index (κ2) is 4.01. The van der Waals surface area contributed by atoms with E-state index in [0.29, 0.717) is 11.4 Å². The van der Waals surface area contributed by atoms with Crippen LogP contribution in [0.15, 0.2) is 22.0 Å². The fourth-order valence-electron chi connectivity index (χ4n) is 1.43. The maximum atomic E-state index is 10.8. The van der Waals surface area contributed by atoms with Gasteiger partial charge in [0.1, 0.15) is 0 Å². The van der Waals surface area contributed by atoms with Gasteiger partial charge in [-0.05, 0) is 22.0 Å². The predicted octanol–water partition coefficient (Wildman–Crippen LogP) is 4.22. The molecule has 14 heavy (non-hydrogen) atoms.